The monoisotopic (exact) mass is 419 g/mol. The summed E-state index contributed by atoms with van der Waals surface area (Å²) in [6.07, 6.45) is 12.7. The lowest BCUT2D eigenvalue weighted by Gasteiger charge is -2.00. The molecule has 0 radical (unpaired) electrons. The molecule has 2 aromatic heterocycles. The second kappa shape index (κ2) is 10.7. The van der Waals surface area contributed by atoms with Gasteiger partial charge in [0.1, 0.15) is 0 Å². The van der Waals surface area contributed by atoms with Crippen molar-refractivity contribution < 1.29 is 0 Å². The normalized spacial score (nSPS) is 10.3. The van der Waals surface area contributed by atoms with Crippen molar-refractivity contribution >= 4 is 10.9 Å². The second-order valence-electron chi connectivity index (χ2n) is 7.50. The average molecular weight is 420 g/mol. The molecule has 32 heavy (non-hydrogen) atoms. The van der Waals surface area contributed by atoms with Gasteiger partial charge in [0.25, 0.3) is 0 Å². The van der Waals surface area contributed by atoms with Gasteiger partial charge in [-0.2, -0.15) is 5.10 Å². The summed E-state index contributed by atoms with van der Waals surface area (Å²) in [6, 6.07) is 26.6. The Morgan fingerprint density at radius 1 is 0.875 bits per heavy atom. The number of aromatic nitrogens is 5. The van der Waals surface area contributed by atoms with Crippen LogP contribution in [0.5, 0.6) is 0 Å². The summed E-state index contributed by atoms with van der Waals surface area (Å²) in [6.45, 7) is 0. The number of terminal acetylenes is 1. The van der Waals surface area contributed by atoms with Crippen LogP contribution in [0, 0.1) is 12.3 Å². The van der Waals surface area contributed by atoms with Gasteiger partial charge in [0.05, 0.1) is 29.3 Å². The van der Waals surface area contributed by atoms with Crippen molar-refractivity contribution in [1.29, 1.82) is 0 Å². The summed E-state index contributed by atoms with van der Waals surface area (Å²) in [5, 5.41) is 16.6. The lowest BCUT2D eigenvalue weighted by Crippen LogP contribution is -1.94. The van der Waals surface area contributed by atoms with Crippen LogP contribution in [0.3, 0.4) is 0 Å². The first-order valence-electron chi connectivity index (χ1n) is 10.7. The van der Waals surface area contributed by atoms with Gasteiger partial charge in [-0.3, -0.25) is 5.10 Å². The molecule has 2 heterocycles. The Bertz CT molecular complexity index is 1280. The number of fused-ring (bicyclic) bond motifs is 1. The summed E-state index contributed by atoms with van der Waals surface area (Å²) in [7, 11) is 0. The minimum absolute atomic E-state index is 0.737. The third-order valence-electron chi connectivity index (χ3n) is 5.12. The molecule has 1 N–H and O–H groups in total. The van der Waals surface area contributed by atoms with Gasteiger partial charge in [-0.25, -0.2) is 4.68 Å². The average Bonchev–Trinajstić information content (AvgIpc) is 3.50. The van der Waals surface area contributed by atoms with E-state index < -0.39 is 0 Å². The van der Waals surface area contributed by atoms with Crippen LogP contribution in [0.15, 0.2) is 91.3 Å². The number of hydrogen-bond acceptors (Lipinski definition) is 3. The van der Waals surface area contributed by atoms with Crippen LogP contribution >= 0.6 is 0 Å². The molecule has 0 bridgehead atoms. The van der Waals surface area contributed by atoms with E-state index in [0.29, 0.717) is 0 Å². The first kappa shape index (κ1) is 21.1. The molecule has 0 spiro atoms. The van der Waals surface area contributed by atoms with Gasteiger partial charge in [0.15, 0.2) is 0 Å². The van der Waals surface area contributed by atoms with E-state index in [1.54, 1.807) is 0 Å². The van der Waals surface area contributed by atoms with Crippen molar-refractivity contribution in [2.75, 3.05) is 0 Å². The van der Waals surface area contributed by atoms with Gasteiger partial charge >= 0.3 is 0 Å². The number of nitrogens with zero attached hydrogens (tertiary/aromatic N) is 4. The maximum absolute atomic E-state index is 5.11. The smallest absolute Gasteiger partial charge is 0.0831 e. The molecule has 0 saturated heterocycles. The van der Waals surface area contributed by atoms with E-state index in [1.807, 2.05) is 65.6 Å². The molecule has 0 atom stereocenters. The zero-order chi connectivity index (χ0) is 22.0. The summed E-state index contributed by atoms with van der Waals surface area (Å²) >= 11 is 0. The van der Waals surface area contributed by atoms with E-state index in [4.69, 9.17) is 6.42 Å². The predicted octanol–water partition coefficient (Wildman–Crippen LogP) is 5.18. The number of hydrogen-bond donors (Lipinski definition) is 1. The first-order valence-corrected chi connectivity index (χ1v) is 10.7. The summed E-state index contributed by atoms with van der Waals surface area (Å²) < 4.78 is 1.82. The van der Waals surface area contributed by atoms with Gasteiger partial charge in [-0.15, -0.1) is 17.4 Å². The van der Waals surface area contributed by atoms with Crippen LogP contribution in [-0.4, -0.2) is 25.2 Å². The van der Waals surface area contributed by atoms with E-state index in [2.05, 4.69) is 56.8 Å². The minimum atomic E-state index is 0.737. The number of H-pyrrole nitrogens is 1. The van der Waals surface area contributed by atoms with Crippen molar-refractivity contribution in [3.63, 3.8) is 0 Å². The Morgan fingerprint density at radius 3 is 2.38 bits per heavy atom. The molecule has 0 saturated carbocycles. The number of rotatable bonds is 6. The quantitative estimate of drug-likeness (QED) is 0.386. The number of aryl methyl sites for hydroxylation is 2. The van der Waals surface area contributed by atoms with Gasteiger partial charge in [0.2, 0.25) is 0 Å². The van der Waals surface area contributed by atoms with Crippen LogP contribution in [0.2, 0.25) is 0 Å². The van der Waals surface area contributed by atoms with Crippen LogP contribution in [0.4, 0.5) is 0 Å². The Hall–Kier alpha value is -4.17. The van der Waals surface area contributed by atoms with E-state index in [9.17, 15) is 0 Å². The van der Waals surface area contributed by atoms with Gasteiger partial charge in [-0.1, -0.05) is 65.9 Å². The van der Waals surface area contributed by atoms with Gasteiger partial charge < -0.3 is 0 Å². The molecule has 0 fully saturated rings. The van der Waals surface area contributed by atoms with E-state index in [0.717, 1.165) is 48.0 Å². The number of benzene rings is 3. The van der Waals surface area contributed by atoms with Crippen LogP contribution in [0.1, 0.15) is 23.2 Å². The second-order valence-corrected chi connectivity index (χ2v) is 7.50. The zero-order valence-corrected chi connectivity index (χ0v) is 17.9. The summed E-state index contributed by atoms with van der Waals surface area (Å²) in [5.74, 6) is 2.58. The molecule has 3 aromatic carbocycles. The maximum Gasteiger partial charge on any atom is 0.0831 e. The van der Waals surface area contributed by atoms with E-state index in [1.165, 1.54) is 11.1 Å². The molecule has 0 aliphatic rings. The molecule has 0 unspecified atom stereocenters. The van der Waals surface area contributed by atoms with E-state index in [-0.39, 0.29) is 0 Å². The SMILES string of the molecule is C#CCc1ccccc1.c1ccc(CCCc2cn(-c3ccc4[nH]ncc4c3)nn2)cc1. The molecule has 5 heteroatoms. The Balaban J connectivity index is 0.000000230. The molecule has 0 aliphatic heterocycles. The third-order valence-corrected chi connectivity index (χ3v) is 5.12. The largest absolute Gasteiger partial charge is 0.278 e. The van der Waals surface area contributed by atoms with Crippen LogP contribution in [0.25, 0.3) is 16.6 Å². The van der Waals surface area contributed by atoms with Crippen molar-refractivity contribution in [2.24, 2.45) is 0 Å². The minimum Gasteiger partial charge on any atom is -0.278 e. The van der Waals surface area contributed by atoms with Gasteiger partial charge in [0, 0.05) is 11.8 Å². The van der Waals surface area contributed by atoms with Crippen molar-refractivity contribution in [3.8, 4) is 18.0 Å². The first-order chi connectivity index (χ1) is 15.8. The standard InChI is InChI=1S/C18H17N5.C9H8/c1-2-5-14(6-3-1)7-4-8-16-13-23(22-20-16)17-9-10-18-15(11-17)12-19-21-18;1-2-6-9-7-4-3-5-8-9/h1-3,5-6,9-13H,4,7-8H2,(H,19,21);1,3-5,7-8H,6H2. The highest BCUT2D eigenvalue weighted by molar-refractivity contribution is 5.80. The molecular formula is C27H25N5. The van der Waals surface area contributed by atoms with Crippen molar-refractivity contribution in [1.82, 2.24) is 25.2 Å². The predicted molar refractivity (Wildman–Crippen MR) is 128 cm³/mol. The maximum atomic E-state index is 5.11. The summed E-state index contributed by atoms with van der Waals surface area (Å²) in [5.41, 5.74) is 5.62. The topological polar surface area (TPSA) is 59.4 Å². The highest BCUT2D eigenvalue weighted by atomic mass is 15.4. The van der Waals surface area contributed by atoms with Crippen molar-refractivity contribution in [3.05, 3.63) is 108 Å². The molecule has 5 rings (SSSR count). The van der Waals surface area contributed by atoms with Crippen LogP contribution < -0.4 is 0 Å². The Kier molecular flexibility index (Phi) is 7.07. The Morgan fingerprint density at radius 2 is 1.62 bits per heavy atom. The number of nitrogens with one attached hydrogen (secondary N) is 1. The summed E-state index contributed by atoms with van der Waals surface area (Å²) in [4.78, 5) is 0. The molecule has 5 aromatic rings. The highest BCUT2D eigenvalue weighted by Crippen LogP contribution is 2.16. The molecule has 5 nitrogen and oxygen atoms in total. The fourth-order valence-corrected chi connectivity index (χ4v) is 3.44. The fraction of sp³-hybridized carbons (Fsp3) is 0.148. The van der Waals surface area contributed by atoms with Crippen molar-refractivity contribution in [2.45, 2.75) is 25.7 Å². The third kappa shape index (κ3) is 5.71. The Labute approximate surface area is 188 Å². The molecular weight excluding hydrogens is 394 g/mol. The van der Waals surface area contributed by atoms with Gasteiger partial charge in [-0.05, 0) is 48.6 Å². The van der Waals surface area contributed by atoms with Crippen LogP contribution in [-0.2, 0) is 19.3 Å². The molecule has 0 aliphatic carbocycles. The zero-order valence-electron chi connectivity index (χ0n) is 17.9. The lowest BCUT2D eigenvalue weighted by molar-refractivity contribution is 0.774. The highest BCUT2D eigenvalue weighted by Gasteiger charge is 2.05. The molecule has 158 valence electrons. The number of aromatic amines is 1. The molecule has 0 amide bonds. The lowest BCUT2D eigenvalue weighted by atomic mass is 10.1. The fourth-order valence-electron chi connectivity index (χ4n) is 3.44. The van der Waals surface area contributed by atoms with E-state index >= 15 is 0 Å².